The molecule has 0 radical (unpaired) electrons. The first kappa shape index (κ1) is 11.6. The average molecular weight is 234 g/mol. The van der Waals surface area contributed by atoms with Gasteiger partial charge in [-0.2, -0.15) is 0 Å². The topological polar surface area (TPSA) is 37.0 Å². The number of nitrogens with zero attached hydrogens (tertiary/aromatic N) is 1. The standard InChI is InChI=1S/C9H13Cl2N3/c1-6(12-2)4-13-9-8(11)3-7(10)5-14-9/h3,5-6,12H,4H2,1-2H3,(H,13,14). The van der Waals surface area contributed by atoms with Crippen LogP contribution in [0.4, 0.5) is 5.82 Å². The lowest BCUT2D eigenvalue weighted by molar-refractivity contribution is 0.637. The molecule has 1 unspecified atom stereocenters. The minimum absolute atomic E-state index is 0.364. The molecule has 1 rings (SSSR count). The third-order valence-corrected chi connectivity index (χ3v) is 2.37. The maximum absolute atomic E-state index is 5.93. The largest absolute Gasteiger partial charge is 0.367 e. The Morgan fingerprint density at radius 2 is 2.21 bits per heavy atom. The highest BCUT2D eigenvalue weighted by Gasteiger charge is 2.03. The minimum atomic E-state index is 0.364. The molecule has 1 atom stereocenters. The summed E-state index contributed by atoms with van der Waals surface area (Å²) in [5.41, 5.74) is 0. The molecule has 1 aromatic rings. The molecule has 2 N–H and O–H groups in total. The van der Waals surface area contributed by atoms with Gasteiger partial charge in [0.15, 0.2) is 0 Å². The van der Waals surface area contributed by atoms with Gasteiger partial charge in [0.05, 0.1) is 10.0 Å². The number of halogens is 2. The molecule has 0 amide bonds. The van der Waals surface area contributed by atoms with Crippen molar-refractivity contribution in [2.75, 3.05) is 18.9 Å². The monoisotopic (exact) mass is 233 g/mol. The predicted octanol–water partition coefficient (Wildman–Crippen LogP) is 2.41. The molecule has 0 spiro atoms. The molecule has 78 valence electrons. The maximum Gasteiger partial charge on any atom is 0.144 e. The number of hydrogen-bond acceptors (Lipinski definition) is 3. The number of nitrogens with one attached hydrogen (secondary N) is 2. The van der Waals surface area contributed by atoms with Crippen molar-refractivity contribution >= 4 is 29.0 Å². The summed E-state index contributed by atoms with van der Waals surface area (Å²) in [6, 6.07) is 2.03. The van der Waals surface area contributed by atoms with E-state index in [2.05, 4.69) is 22.5 Å². The fourth-order valence-corrected chi connectivity index (χ4v) is 1.34. The van der Waals surface area contributed by atoms with Crippen LogP contribution in [-0.2, 0) is 0 Å². The van der Waals surface area contributed by atoms with E-state index in [0.29, 0.717) is 21.9 Å². The second-order valence-corrected chi connectivity index (χ2v) is 3.90. The van der Waals surface area contributed by atoms with Gasteiger partial charge in [0, 0.05) is 18.8 Å². The number of pyridine rings is 1. The molecular weight excluding hydrogens is 221 g/mol. The van der Waals surface area contributed by atoms with E-state index in [0.717, 1.165) is 6.54 Å². The van der Waals surface area contributed by atoms with E-state index in [1.165, 1.54) is 0 Å². The molecule has 0 aliphatic rings. The Bertz CT molecular complexity index is 304. The Kier molecular flexibility index (Phi) is 4.45. The van der Waals surface area contributed by atoms with E-state index in [-0.39, 0.29) is 0 Å². The van der Waals surface area contributed by atoms with Crippen molar-refractivity contribution in [3.05, 3.63) is 22.3 Å². The van der Waals surface area contributed by atoms with Gasteiger partial charge in [-0.3, -0.25) is 0 Å². The number of hydrogen-bond donors (Lipinski definition) is 2. The summed E-state index contributed by atoms with van der Waals surface area (Å²) in [5, 5.41) is 7.32. The average Bonchev–Trinajstić information content (AvgIpc) is 2.16. The van der Waals surface area contributed by atoms with E-state index in [9.17, 15) is 0 Å². The zero-order chi connectivity index (χ0) is 10.6. The van der Waals surface area contributed by atoms with Gasteiger partial charge < -0.3 is 10.6 Å². The molecule has 0 aliphatic heterocycles. The summed E-state index contributed by atoms with van der Waals surface area (Å²) >= 11 is 11.6. The fourth-order valence-electron chi connectivity index (χ4n) is 0.896. The minimum Gasteiger partial charge on any atom is -0.367 e. The molecule has 5 heteroatoms. The summed E-state index contributed by atoms with van der Waals surface area (Å²) in [5.74, 6) is 0.665. The number of aromatic nitrogens is 1. The van der Waals surface area contributed by atoms with Crippen LogP contribution in [0, 0.1) is 0 Å². The normalized spacial score (nSPS) is 12.6. The van der Waals surface area contributed by atoms with E-state index in [1.54, 1.807) is 12.3 Å². The van der Waals surface area contributed by atoms with Crippen LogP contribution in [0.2, 0.25) is 10.0 Å². The van der Waals surface area contributed by atoms with Gasteiger partial charge in [0.25, 0.3) is 0 Å². The zero-order valence-corrected chi connectivity index (χ0v) is 9.65. The molecule has 0 fully saturated rings. The third kappa shape index (κ3) is 3.33. The van der Waals surface area contributed by atoms with Crippen LogP contribution in [0.15, 0.2) is 12.3 Å². The van der Waals surface area contributed by atoms with Crippen molar-refractivity contribution in [1.82, 2.24) is 10.3 Å². The third-order valence-electron chi connectivity index (χ3n) is 1.88. The van der Waals surface area contributed by atoms with Crippen molar-refractivity contribution in [2.45, 2.75) is 13.0 Å². The SMILES string of the molecule is CNC(C)CNc1ncc(Cl)cc1Cl. The van der Waals surface area contributed by atoms with Crippen molar-refractivity contribution in [2.24, 2.45) is 0 Å². The van der Waals surface area contributed by atoms with Gasteiger partial charge >= 0.3 is 0 Å². The van der Waals surface area contributed by atoms with Crippen molar-refractivity contribution in [3.63, 3.8) is 0 Å². The Labute approximate surface area is 93.8 Å². The first-order valence-corrected chi connectivity index (χ1v) is 5.11. The quantitative estimate of drug-likeness (QED) is 0.839. The van der Waals surface area contributed by atoms with Gasteiger partial charge in [-0.25, -0.2) is 4.98 Å². The Hall–Kier alpha value is -0.510. The highest BCUT2D eigenvalue weighted by Crippen LogP contribution is 2.22. The van der Waals surface area contributed by atoms with E-state index in [4.69, 9.17) is 23.2 Å². The first-order valence-electron chi connectivity index (χ1n) is 4.35. The lowest BCUT2D eigenvalue weighted by Gasteiger charge is -2.12. The van der Waals surface area contributed by atoms with Crippen molar-refractivity contribution < 1.29 is 0 Å². The second-order valence-electron chi connectivity index (χ2n) is 3.05. The fraction of sp³-hybridized carbons (Fsp3) is 0.444. The van der Waals surface area contributed by atoms with Crippen LogP contribution in [0.5, 0.6) is 0 Å². The molecule has 14 heavy (non-hydrogen) atoms. The molecule has 0 aromatic carbocycles. The van der Waals surface area contributed by atoms with Gasteiger partial charge in [-0.1, -0.05) is 23.2 Å². The van der Waals surface area contributed by atoms with Gasteiger partial charge in [-0.15, -0.1) is 0 Å². The smallest absolute Gasteiger partial charge is 0.144 e. The molecule has 0 bridgehead atoms. The van der Waals surface area contributed by atoms with Crippen molar-refractivity contribution in [3.8, 4) is 0 Å². The molecule has 0 aliphatic carbocycles. The number of rotatable bonds is 4. The summed E-state index contributed by atoms with van der Waals surface area (Å²) in [4.78, 5) is 4.08. The van der Waals surface area contributed by atoms with Crippen LogP contribution in [0.1, 0.15) is 6.92 Å². The molecule has 0 saturated carbocycles. The molecule has 3 nitrogen and oxygen atoms in total. The lowest BCUT2D eigenvalue weighted by atomic mass is 10.3. The van der Waals surface area contributed by atoms with Gasteiger partial charge in [0.2, 0.25) is 0 Å². The van der Waals surface area contributed by atoms with E-state index >= 15 is 0 Å². The van der Waals surface area contributed by atoms with E-state index < -0.39 is 0 Å². The zero-order valence-electron chi connectivity index (χ0n) is 8.14. The van der Waals surface area contributed by atoms with Crippen LogP contribution in [-0.4, -0.2) is 24.6 Å². The molecular formula is C9H13Cl2N3. The number of anilines is 1. The van der Waals surface area contributed by atoms with Crippen molar-refractivity contribution in [1.29, 1.82) is 0 Å². The lowest BCUT2D eigenvalue weighted by Crippen LogP contribution is -2.29. The molecule has 1 heterocycles. The van der Waals surface area contributed by atoms with Gasteiger partial charge in [0.1, 0.15) is 5.82 Å². The summed E-state index contributed by atoms with van der Waals surface area (Å²) in [6.07, 6.45) is 1.57. The molecule has 1 aromatic heterocycles. The van der Waals surface area contributed by atoms with Gasteiger partial charge in [-0.05, 0) is 20.0 Å². The maximum atomic E-state index is 5.93. The first-order chi connectivity index (χ1) is 6.63. The molecule has 0 saturated heterocycles. The van der Waals surface area contributed by atoms with Crippen LogP contribution < -0.4 is 10.6 Å². The Morgan fingerprint density at radius 1 is 1.50 bits per heavy atom. The van der Waals surface area contributed by atoms with Crippen LogP contribution >= 0.6 is 23.2 Å². The predicted molar refractivity (Wildman–Crippen MR) is 61.3 cm³/mol. The Morgan fingerprint density at radius 3 is 2.79 bits per heavy atom. The summed E-state index contributed by atoms with van der Waals surface area (Å²) in [7, 11) is 1.91. The second kappa shape index (κ2) is 5.39. The van der Waals surface area contributed by atoms with Crippen LogP contribution in [0.3, 0.4) is 0 Å². The van der Waals surface area contributed by atoms with E-state index in [1.807, 2.05) is 7.05 Å². The summed E-state index contributed by atoms with van der Waals surface area (Å²) in [6.45, 7) is 2.83. The Balaban J connectivity index is 2.59. The van der Waals surface area contributed by atoms with Crippen LogP contribution in [0.25, 0.3) is 0 Å². The number of likely N-dealkylation sites (N-methyl/N-ethyl adjacent to an activating group) is 1. The highest BCUT2D eigenvalue weighted by molar-refractivity contribution is 6.35. The summed E-state index contributed by atoms with van der Waals surface area (Å²) < 4.78 is 0. The highest BCUT2D eigenvalue weighted by atomic mass is 35.5.